The third-order valence-corrected chi connectivity index (χ3v) is 7.09. The lowest BCUT2D eigenvalue weighted by molar-refractivity contribution is -0.117. The summed E-state index contributed by atoms with van der Waals surface area (Å²) in [6.07, 6.45) is 4.45. The predicted molar refractivity (Wildman–Crippen MR) is 131 cm³/mol. The molecule has 0 N–H and O–H groups in total. The fraction of sp³-hybridized carbons (Fsp3) is 0.379. The van der Waals surface area contributed by atoms with E-state index in [1.54, 1.807) is 7.11 Å². The minimum atomic E-state index is -0.345. The van der Waals surface area contributed by atoms with E-state index in [-0.39, 0.29) is 17.5 Å². The van der Waals surface area contributed by atoms with Gasteiger partial charge in [-0.2, -0.15) is 0 Å². The van der Waals surface area contributed by atoms with E-state index in [0.29, 0.717) is 37.5 Å². The molecule has 5 heteroatoms. The molecule has 0 atom stereocenters. The Kier molecular flexibility index (Phi) is 6.27. The fourth-order valence-electron chi connectivity index (χ4n) is 5.65. The summed E-state index contributed by atoms with van der Waals surface area (Å²) >= 11 is 0. The number of Topliss-reactive ketones (excluding diaryl/α,β-unsaturated/α-hetero) is 2. The lowest BCUT2D eigenvalue weighted by atomic mass is 9.71. The molecule has 0 amide bonds. The molecule has 1 aliphatic heterocycles. The highest BCUT2D eigenvalue weighted by molar-refractivity contribution is 6.06. The van der Waals surface area contributed by atoms with Crippen LogP contribution in [0.2, 0.25) is 0 Å². The fourth-order valence-corrected chi connectivity index (χ4v) is 5.65. The normalized spacial score (nSPS) is 18.7. The summed E-state index contributed by atoms with van der Waals surface area (Å²) in [5.74, 6) is 1.26. The van der Waals surface area contributed by atoms with Gasteiger partial charge in [0.15, 0.2) is 23.1 Å². The van der Waals surface area contributed by atoms with Gasteiger partial charge in [-0.1, -0.05) is 36.4 Å². The van der Waals surface area contributed by atoms with Crippen LogP contribution in [-0.4, -0.2) is 30.2 Å². The van der Waals surface area contributed by atoms with E-state index in [2.05, 4.69) is 17.0 Å². The van der Waals surface area contributed by atoms with Gasteiger partial charge in [-0.3, -0.25) is 9.59 Å². The molecule has 0 bridgehead atoms. The van der Waals surface area contributed by atoms with Crippen LogP contribution in [0.4, 0.5) is 0 Å². The number of carbonyl (C=O) groups is 2. The summed E-state index contributed by atoms with van der Waals surface area (Å²) in [5.41, 5.74) is 5.87. The van der Waals surface area contributed by atoms with Gasteiger partial charge in [-0.15, -0.1) is 0 Å². The highest BCUT2D eigenvalue weighted by Gasteiger charge is 2.43. The average molecular weight is 458 g/mol. The standard InChI is InChI=1S/C29H31NO4/c1-3-34-25-16-15-20(17-26(25)33-2)27-28-21(11-7-13-23(28)31)30(18-19-9-5-4-6-10-19)22-12-8-14-24(32)29(22)27/h4-6,9-10,15-17,27H,3,7-8,11-14,18H2,1-2H3. The van der Waals surface area contributed by atoms with Crippen LogP contribution in [0.25, 0.3) is 0 Å². The Morgan fingerprint density at radius 3 is 2.09 bits per heavy atom. The molecule has 0 saturated heterocycles. The van der Waals surface area contributed by atoms with E-state index in [9.17, 15) is 9.59 Å². The molecule has 0 unspecified atom stereocenters. The van der Waals surface area contributed by atoms with Crippen molar-refractivity contribution in [1.82, 2.24) is 4.90 Å². The van der Waals surface area contributed by atoms with Crippen LogP contribution >= 0.6 is 0 Å². The lowest BCUT2D eigenvalue weighted by Crippen LogP contribution is -2.38. The minimum Gasteiger partial charge on any atom is -0.493 e. The smallest absolute Gasteiger partial charge is 0.161 e. The van der Waals surface area contributed by atoms with Gasteiger partial charge < -0.3 is 14.4 Å². The first-order valence-corrected chi connectivity index (χ1v) is 12.3. The number of rotatable bonds is 6. The van der Waals surface area contributed by atoms with Crippen LogP contribution in [-0.2, 0) is 16.1 Å². The molecule has 0 spiro atoms. The molecule has 2 aromatic rings. The van der Waals surface area contributed by atoms with Crippen molar-refractivity contribution in [2.24, 2.45) is 0 Å². The Morgan fingerprint density at radius 1 is 0.853 bits per heavy atom. The molecule has 3 aliphatic rings. The van der Waals surface area contributed by atoms with Crippen LogP contribution in [0, 0.1) is 0 Å². The van der Waals surface area contributed by atoms with Crippen molar-refractivity contribution < 1.29 is 19.1 Å². The van der Waals surface area contributed by atoms with E-state index >= 15 is 0 Å². The number of ether oxygens (including phenoxy) is 2. The van der Waals surface area contributed by atoms with Crippen molar-refractivity contribution in [2.75, 3.05) is 13.7 Å². The molecule has 1 heterocycles. The van der Waals surface area contributed by atoms with Gasteiger partial charge in [-0.05, 0) is 55.9 Å². The van der Waals surface area contributed by atoms with Crippen molar-refractivity contribution in [3.63, 3.8) is 0 Å². The molecule has 2 aliphatic carbocycles. The second kappa shape index (κ2) is 9.49. The van der Waals surface area contributed by atoms with Crippen LogP contribution in [0.1, 0.15) is 62.5 Å². The van der Waals surface area contributed by atoms with Crippen molar-refractivity contribution in [3.05, 3.63) is 82.2 Å². The Morgan fingerprint density at radius 2 is 1.50 bits per heavy atom. The summed E-state index contributed by atoms with van der Waals surface area (Å²) in [7, 11) is 1.62. The van der Waals surface area contributed by atoms with Crippen LogP contribution in [0.15, 0.2) is 71.1 Å². The molecule has 0 saturated carbocycles. The third kappa shape index (κ3) is 3.93. The second-order valence-corrected chi connectivity index (χ2v) is 9.12. The Balaban J connectivity index is 1.68. The zero-order valence-corrected chi connectivity index (χ0v) is 19.9. The van der Waals surface area contributed by atoms with E-state index in [4.69, 9.17) is 9.47 Å². The number of nitrogens with zero attached hydrogens (tertiary/aromatic N) is 1. The number of carbonyl (C=O) groups excluding carboxylic acids is 2. The summed E-state index contributed by atoms with van der Waals surface area (Å²) < 4.78 is 11.3. The third-order valence-electron chi connectivity index (χ3n) is 7.09. The van der Waals surface area contributed by atoms with E-state index in [1.807, 2.05) is 43.3 Å². The van der Waals surface area contributed by atoms with Crippen LogP contribution in [0.5, 0.6) is 11.5 Å². The Labute approximate surface area is 201 Å². The lowest BCUT2D eigenvalue weighted by Gasteiger charge is -2.44. The largest absolute Gasteiger partial charge is 0.493 e. The molecule has 5 nitrogen and oxygen atoms in total. The number of hydrogen-bond donors (Lipinski definition) is 0. The van der Waals surface area contributed by atoms with Gasteiger partial charge >= 0.3 is 0 Å². The topological polar surface area (TPSA) is 55.8 Å². The molecule has 34 heavy (non-hydrogen) atoms. The van der Waals surface area contributed by atoms with Gasteiger partial charge in [0.25, 0.3) is 0 Å². The first-order valence-electron chi connectivity index (χ1n) is 12.3. The van der Waals surface area contributed by atoms with Gasteiger partial charge in [-0.25, -0.2) is 0 Å². The molecule has 5 rings (SSSR count). The van der Waals surface area contributed by atoms with Gasteiger partial charge in [0.2, 0.25) is 0 Å². The number of methoxy groups -OCH3 is 1. The summed E-state index contributed by atoms with van der Waals surface area (Å²) in [4.78, 5) is 29.2. The summed E-state index contributed by atoms with van der Waals surface area (Å²) in [6, 6.07) is 16.1. The minimum absolute atomic E-state index is 0.155. The molecular weight excluding hydrogens is 426 g/mol. The molecule has 176 valence electrons. The summed E-state index contributed by atoms with van der Waals surface area (Å²) in [5, 5.41) is 0. The maximum Gasteiger partial charge on any atom is 0.161 e. The highest BCUT2D eigenvalue weighted by atomic mass is 16.5. The highest BCUT2D eigenvalue weighted by Crippen LogP contribution is 2.50. The quantitative estimate of drug-likeness (QED) is 0.556. The summed E-state index contributed by atoms with van der Waals surface area (Å²) in [6.45, 7) is 3.15. The average Bonchev–Trinajstić information content (AvgIpc) is 2.86. The predicted octanol–water partition coefficient (Wildman–Crippen LogP) is 5.71. The number of hydrogen-bond acceptors (Lipinski definition) is 5. The van der Waals surface area contributed by atoms with Crippen molar-refractivity contribution in [1.29, 1.82) is 0 Å². The second-order valence-electron chi connectivity index (χ2n) is 9.12. The Hall–Kier alpha value is -3.34. The zero-order valence-electron chi connectivity index (χ0n) is 19.9. The van der Waals surface area contributed by atoms with E-state index in [0.717, 1.165) is 53.8 Å². The SMILES string of the molecule is CCOc1ccc(C2C3=C(CCCC3=O)N(Cc3ccccc3)C3=C2C(=O)CCC3)cc1OC. The van der Waals surface area contributed by atoms with Gasteiger partial charge in [0.05, 0.1) is 13.7 Å². The van der Waals surface area contributed by atoms with Crippen molar-refractivity contribution in [3.8, 4) is 11.5 Å². The molecule has 2 aromatic carbocycles. The number of allylic oxidation sites excluding steroid dienone is 4. The van der Waals surface area contributed by atoms with Crippen molar-refractivity contribution in [2.45, 2.75) is 57.9 Å². The molecule has 0 fully saturated rings. The van der Waals surface area contributed by atoms with Crippen LogP contribution in [0.3, 0.4) is 0 Å². The zero-order chi connectivity index (χ0) is 23.7. The first-order chi connectivity index (χ1) is 16.6. The van der Waals surface area contributed by atoms with Gasteiger partial charge in [0, 0.05) is 47.8 Å². The van der Waals surface area contributed by atoms with E-state index in [1.165, 1.54) is 5.56 Å². The monoisotopic (exact) mass is 457 g/mol. The molecule has 0 aromatic heterocycles. The molecule has 0 radical (unpaired) electrons. The number of benzene rings is 2. The van der Waals surface area contributed by atoms with Gasteiger partial charge in [0.1, 0.15) is 0 Å². The van der Waals surface area contributed by atoms with E-state index < -0.39 is 0 Å². The molecular formula is C29H31NO4. The maximum atomic E-state index is 13.4. The van der Waals surface area contributed by atoms with Crippen LogP contribution < -0.4 is 9.47 Å². The first kappa shape index (κ1) is 22.5. The van der Waals surface area contributed by atoms with Crippen molar-refractivity contribution >= 4 is 11.6 Å². The number of ketones is 2. The maximum absolute atomic E-state index is 13.4. The Bertz CT molecular complexity index is 1130.